The lowest BCUT2D eigenvalue weighted by Gasteiger charge is -2.07. The van der Waals surface area contributed by atoms with E-state index in [4.69, 9.17) is 23.8 Å². The Morgan fingerprint density at radius 2 is 2.22 bits per heavy atom. The van der Waals surface area contributed by atoms with Gasteiger partial charge in [0.15, 0.2) is 15.8 Å². The predicted molar refractivity (Wildman–Crippen MR) is 71.6 cm³/mol. The minimum atomic E-state index is 0.426. The maximum Gasteiger partial charge on any atom is 0.167 e. The number of hydrogen-bond acceptors (Lipinski definition) is 4. The normalized spacial score (nSPS) is 11.0. The van der Waals surface area contributed by atoms with Gasteiger partial charge in [-0.3, -0.25) is 0 Å². The molecule has 18 heavy (non-hydrogen) atoms. The summed E-state index contributed by atoms with van der Waals surface area (Å²) in [6.45, 7) is 1.93. The van der Waals surface area contributed by atoms with E-state index in [0.717, 1.165) is 11.3 Å². The second kappa shape index (κ2) is 4.15. The molecule has 0 aliphatic carbocycles. The van der Waals surface area contributed by atoms with Crippen LogP contribution in [0.2, 0.25) is 5.02 Å². The van der Waals surface area contributed by atoms with Crippen molar-refractivity contribution in [3.63, 3.8) is 0 Å². The van der Waals surface area contributed by atoms with Crippen LogP contribution in [0.5, 0.6) is 0 Å². The molecule has 0 amide bonds. The molecule has 3 rings (SSSR count). The van der Waals surface area contributed by atoms with Crippen molar-refractivity contribution in [1.29, 1.82) is 0 Å². The molecule has 2 aromatic heterocycles. The van der Waals surface area contributed by atoms with Gasteiger partial charge in [-0.2, -0.15) is 4.68 Å². The maximum atomic E-state index is 6.11. The summed E-state index contributed by atoms with van der Waals surface area (Å²) in [6, 6.07) is 5.63. The number of fused-ring (bicyclic) bond motifs is 1. The zero-order valence-corrected chi connectivity index (χ0v) is 11.0. The van der Waals surface area contributed by atoms with Crippen LogP contribution >= 0.6 is 23.8 Å². The van der Waals surface area contributed by atoms with Crippen molar-refractivity contribution in [2.45, 2.75) is 6.92 Å². The van der Waals surface area contributed by atoms with Crippen LogP contribution in [0.1, 0.15) is 5.56 Å². The van der Waals surface area contributed by atoms with E-state index in [1.54, 1.807) is 4.68 Å². The van der Waals surface area contributed by atoms with Gasteiger partial charge in [0.25, 0.3) is 0 Å². The Morgan fingerprint density at radius 1 is 1.39 bits per heavy atom. The van der Waals surface area contributed by atoms with Gasteiger partial charge >= 0.3 is 0 Å². The van der Waals surface area contributed by atoms with Crippen molar-refractivity contribution in [1.82, 2.24) is 25.0 Å². The SMILES string of the molecule is Cc1c(Cl)cccc1-n1nnc2c(=S)nc[nH]c21. The highest BCUT2D eigenvalue weighted by molar-refractivity contribution is 7.71. The molecule has 5 nitrogen and oxygen atoms in total. The number of H-pyrrole nitrogens is 1. The van der Waals surface area contributed by atoms with Crippen LogP contribution in [0.3, 0.4) is 0 Å². The molecule has 0 radical (unpaired) electrons. The summed E-state index contributed by atoms with van der Waals surface area (Å²) in [5.74, 6) is 0. The monoisotopic (exact) mass is 277 g/mol. The van der Waals surface area contributed by atoms with Gasteiger partial charge in [-0.05, 0) is 24.6 Å². The first kappa shape index (κ1) is 11.3. The third-order valence-corrected chi connectivity index (χ3v) is 3.43. The largest absolute Gasteiger partial charge is 0.329 e. The number of nitrogens with zero attached hydrogens (tertiary/aromatic N) is 4. The summed E-state index contributed by atoms with van der Waals surface area (Å²) >= 11 is 11.2. The molecular formula is C11H8ClN5S. The maximum absolute atomic E-state index is 6.11. The molecule has 0 atom stereocenters. The molecule has 0 unspecified atom stereocenters. The zero-order chi connectivity index (χ0) is 12.7. The summed E-state index contributed by atoms with van der Waals surface area (Å²) < 4.78 is 2.10. The Morgan fingerprint density at radius 3 is 3.06 bits per heavy atom. The Kier molecular flexibility index (Phi) is 2.61. The molecule has 3 aromatic rings. The molecule has 0 saturated heterocycles. The molecule has 0 aliphatic rings. The fourth-order valence-electron chi connectivity index (χ4n) is 1.76. The van der Waals surface area contributed by atoms with E-state index in [2.05, 4.69) is 20.3 Å². The quantitative estimate of drug-likeness (QED) is 0.695. The second-order valence-electron chi connectivity index (χ2n) is 3.79. The molecular weight excluding hydrogens is 270 g/mol. The smallest absolute Gasteiger partial charge is 0.167 e. The van der Waals surface area contributed by atoms with Crippen LogP contribution in [0, 0.1) is 11.6 Å². The molecule has 0 bridgehead atoms. The van der Waals surface area contributed by atoms with Gasteiger partial charge < -0.3 is 4.98 Å². The first-order chi connectivity index (χ1) is 8.68. The lowest BCUT2D eigenvalue weighted by Crippen LogP contribution is -2.00. The second-order valence-corrected chi connectivity index (χ2v) is 4.58. The van der Waals surface area contributed by atoms with Crippen molar-refractivity contribution < 1.29 is 0 Å². The number of aromatic nitrogens is 5. The van der Waals surface area contributed by atoms with Crippen LogP contribution in [-0.2, 0) is 0 Å². The lowest BCUT2D eigenvalue weighted by molar-refractivity contribution is 0.812. The molecule has 0 saturated carbocycles. The number of aromatic amines is 1. The van der Waals surface area contributed by atoms with Crippen molar-refractivity contribution in [3.8, 4) is 5.69 Å². The van der Waals surface area contributed by atoms with Gasteiger partial charge in [-0.15, -0.1) is 5.10 Å². The summed E-state index contributed by atoms with van der Waals surface area (Å²) in [7, 11) is 0. The third kappa shape index (κ3) is 1.61. The molecule has 0 fully saturated rings. The van der Waals surface area contributed by atoms with Gasteiger partial charge in [0, 0.05) is 5.02 Å². The van der Waals surface area contributed by atoms with Gasteiger partial charge in [0.05, 0.1) is 12.0 Å². The van der Waals surface area contributed by atoms with Crippen LogP contribution in [0.15, 0.2) is 24.5 Å². The van der Waals surface area contributed by atoms with Gasteiger partial charge in [0.1, 0.15) is 0 Å². The first-order valence-corrected chi connectivity index (χ1v) is 6.01. The number of hydrogen-bond donors (Lipinski definition) is 1. The van der Waals surface area contributed by atoms with Crippen molar-refractivity contribution >= 4 is 35.0 Å². The highest BCUT2D eigenvalue weighted by Gasteiger charge is 2.11. The van der Waals surface area contributed by atoms with E-state index in [1.807, 2.05) is 25.1 Å². The average molecular weight is 278 g/mol. The molecule has 90 valence electrons. The summed E-state index contributed by atoms with van der Waals surface area (Å²) in [5, 5.41) is 8.82. The topological polar surface area (TPSA) is 59.4 Å². The van der Waals surface area contributed by atoms with E-state index in [-0.39, 0.29) is 0 Å². The molecule has 7 heteroatoms. The highest BCUT2D eigenvalue weighted by Crippen LogP contribution is 2.23. The standard InChI is InChI=1S/C11H8ClN5S/c1-6-7(12)3-2-4-8(6)17-10-9(15-16-17)11(18)14-5-13-10/h2-5H,1H3,(H,13,14,18). The summed E-state index contributed by atoms with van der Waals surface area (Å²) in [4.78, 5) is 6.97. The number of rotatable bonds is 1. The Hall–Kier alpha value is -1.79. The molecule has 0 aliphatic heterocycles. The predicted octanol–water partition coefficient (Wildman–Crippen LogP) is 2.83. The van der Waals surface area contributed by atoms with Crippen LogP contribution < -0.4 is 0 Å². The van der Waals surface area contributed by atoms with E-state index >= 15 is 0 Å². The molecule has 1 N–H and O–H groups in total. The third-order valence-electron chi connectivity index (χ3n) is 2.72. The minimum absolute atomic E-state index is 0.426. The number of nitrogens with one attached hydrogen (secondary N) is 1. The van der Waals surface area contributed by atoms with E-state index in [1.165, 1.54) is 6.33 Å². The van der Waals surface area contributed by atoms with Crippen molar-refractivity contribution in [3.05, 3.63) is 39.8 Å². The van der Waals surface area contributed by atoms with E-state index in [0.29, 0.717) is 20.8 Å². The van der Waals surface area contributed by atoms with Gasteiger partial charge in [0.2, 0.25) is 0 Å². The number of benzene rings is 1. The fourth-order valence-corrected chi connectivity index (χ4v) is 2.12. The minimum Gasteiger partial charge on any atom is -0.329 e. The van der Waals surface area contributed by atoms with Crippen LogP contribution in [-0.4, -0.2) is 25.0 Å². The Bertz CT molecular complexity index is 791. The van der Waals surface area contributed by atoms with E-state index < -0.39 is 0 Å². The fraction of sp³-hybridized carbons (Fsp3) is 0.0909. The van der Waals surface area contributed by atoms with Gasteiger partial charge in [-0.25, -0.2) is 4.98 Å². The van der Waals surface area contributed by atoms with Gasteiger partial charge in [-0.1, -0.05) is 35.1 Å². The molecule has 2 heterocycles. The Labute approximate surface area is 112 Å². The Balaban J connectivity index is 2.36. The zero-order valence-electron chi connectivity index (χ0n) is 9.38. The van der Waals surface area contributed by atoms with Crippen LogP contribution in [0.25, 0.3) is 16.9 Å². The number of halogens is 1. The summed E-state index contributed by atoms with van der Waals surface area (Å²) in [5.41, 5.74) is 3.08. The first-order valence-electron chi connectivity index (χ1n) is 5.23. The van der Waals surface area contributed by atoms with Crippen LogP contribution in [0.4, 0.5) is 0 Å². The summed E-state index contributed by atoms with van der Waals surface area (Å²) in [6.07, 6.45) is 1.53. The highest BCUT2D eigenvalue weighted by atomic mass is 35.5. The lowest BCUT2D eigenvalue weighted by atomic mass is 10.2. The van der Waals surface area contributed by atoms with Crippen molar-refractivity contribution in [2.24, 2.45) is 0 Å². The van der Waals surface area contributed by atoms with Crippen molar-refractivity contribution in [2.75, 3.05) is 0 Å². The molecule has 1 aromatic carbocycles. The average Bonchev–Trinajstić information content (AvgIpc) is 2.78. The molecule has 0 spiro atoms. The van der Waals surface area contributed by atoms with E-state index in [9.17, 15) is 0 Å².